The van der Waals surface area contributed by atoms with Crippen LogP contribution in [0.5, 0.6) is 0 Å². The Bertz CT molecular complexity index is 439. The van der Waals surface area contributed by atoms with Gasteiger partial charge >= 0.3 is 0 Å². The van der Waals surface area contributed by atoms with Crippen molar-refractivity contribution < 1.29 is 0 Å². The first-order valence-corrected chi connectivity index (χ1v) is 5.38. The van der Waals surface area contributed by atoms with Crippen molar-refractivity contribution in [2.24, 2.45) is 0 Å². The fraction of sp³-hybridized carbons (Fsp3) is 0.200. The van der Waals surface area contributed by atoms with Gasteiger partial charge in [-0.2, -0.15) is 5.10 Å². The molecule has 2 aromatic rings. The second kappa shape index (κ2) is 4.55. The first kappa shape index (κ1) is 10.3. The van der Waals surface area contributed by atoms with Crippen LogP contribution in [0.15, 0.2) is 35.3 Å². The zero-order chi connectivity index (χ0) is 10.7. The largest absolute Gasteiger partial charge is 0.316 e. The van der Waals surface area contributed by atoms with Gasteiger partial charge in [-0.25, -0.2) is 9.67 Å². The molecule has 2 rings (SSSR count). The predicted octanol–water partition coefficient (Wildman–Crippen LogP) is 1.75. The van der Waals surface area contributed by atoms with E-state index < -0.39 is 0 Å². The van der Waals surface area contributed by atoms with Crippen LogP contribution in [0.3, 0.4) is 0 Å². The van der Waals surface area contributed by atoms with Crippen molar-refractivity contribution >= 4 is 15.9 Å². The summed E-state index contributed by atoms with van der Waals surface area (Å²) in [5.74, 6) is 0. The highest BCUT2D eigenvalue weighted by atomic mass is 79.9. The maximum atomic E-state index is 4.08. The van der Waals surface area contributed by atoms with Crippen LogP contribution in [0, 0.1) is 0 Å². The minimum atomic E-state index is 0.857. The quantitative estimate of drug-likeness (QED) is 0.921. The minimum Gasteiger partial charge on any atom is -0.316 e. The van der Waals surface area contributed by atoms with Gasteiger partial charge in [0.1, 0.15) is 12.7 Å². The molecule has 1 heterocycles. The van der Waals surface area contributed by atoms with E-state index in [-0.39, 0.29) is 0 Å². The van der Waals surface area contributed by atoms with Crippen LogP contribution in [-0.4, -0.2) is 21.8 Å². The summed E-state index contributed by atoms with van der Waals surface area (Å²) in [5, 5.41) is 7.19. The maximum absolute atomic E-state index is 4.08. The molecule has 0 amide bonds. The second-order valence-electron chi connectivity index (χ2n) is 3.16. The van der Waals surface area contributed by atoms with Gasteiger partial charge in [0, 0.05) is 11.0 Å². The summed E-state index contributed by atoms with van der Waals surface area (Å²) in [4.78, 5) is 3.92. The van der Waals surface area contributed by atoms with Gasteiger partial charge < -0.3 is 5.32 Å². The highest BCUT2D eigenvalue weighted by Crippen LogP contribution is 2.21. The average molecular weight is 267 g/mol. The molecule has 78 valence electrons. The van der Waals surface area contributed by atoms with Crippen LogP contribution in [0.2, 0.25) is 0 Å². The Hall–Kier alpha value is -1.20. The Kier molecular flexibility index (Phi) is 3.13. The molecular formula is C10H11BrN4. The number of aromatic nitrogens is 3. The monoisotopic (exact) mass is 266 g/mol. The molecule has 5 heteroatoms. The van der Waals surface area contributed by atoms with Crippen LogP contribution >= 0.6 is 15.9 Å². The Balaban J connectivity index is 2.35. The van der Waals surface area contributed by atoms with Crippen LogP contribution < -0.4 is 5.32 Å². The molecule has 0 bridgehead atoms. The summed E-state index contributed by atoms with van der Waals surface area (Å²) < 4.78 is 2.74. The van der Waals surface area contributed by atoms with E-state index in [1.165, 1.54) is 11.9 Å². The fourth-order valence-corrected chi connectivity index (χ4v) is 1.99. The Morgan fingerprint density at radius 2 is 2.33 bits per heavy atom. The normalized spacial score (nSPS) is 10.5. The third-order valence-electron chi connectivity index (χ3n) is 2.06. The lowest BCUT2D eigenvalue weighted by molar-refractivity contribution is 0.813. The second-order valence-corrected chi connectivity index (χ2v) is 4.01. The first-order chi connectivity index (χ1) is 7.31. The van der Waals surface area contributed by atoms with Gasteiger partial charge in [-0.05, 0) is 40.7 Å². The lowest BCUT2D eigenvalue weighted by atomic mass is 10.2. The van der Waals surface area contributed by atoms with Crippen molar-refractivity contribution in [3.8, 4) is 5.69 Å². The molecular weight excluding hydrogens is 256 g/mol. The van der Waals surface area contributed by atoms with Crippen molar-refractivity contribution in [2.75, 3.05) is 7.05 Å². The molecule has 15 heavy (non-hydrogen) atoms. The molecule has 0 unspecified atom stereocenters. The molecule has 0 saturated heterocycles. The lowest BCUT2D eigenvalue weighted by Gasteiger charge is -2.06. The van der Waals surface area contributed by atoms with Gasteiger partial charge in [0.25, 0.3) is 0 Å². The van der Waals surface area contributed by atoms with Crippen molar-refractivity contribution in [1.82, 2.24) is 20.1 Å². The summed E-state index contributed by atoms with van der Waals surface area (Å²) in [6, 6.07) is 6.16. The molecule has 4 nitrogen and oxygen atoms in total. The third-order valence-corrected chi connectivity index (χ3v) is 2.69. The maximum Gasteiger partial charge on any atom is 0.138 e. The molecule has 0 spiro atoms. The van der Waals surface area contributed by atoms with E-state index in [0.717, 1.165) is 16.7 Å². The number of nitrogens with zero attached hydrogens (tertiary/aromatic N) is 3. The number of benzene rings is 1. The molecule has 1 aromatic heterocycles. The molecule has 0 aliphatic heterocycles. The van der Waals surface area contributed by atoms with E-state index in [1.54, 1.807) is 11.0 Å². The average Bonchev–Trinajstić information content (AvgIpc) is 2.71. The molecule has 0 aliphatic rings. The topological polar surface area (TPSA) is 42.7 Å². The molecule has 0 aliphatic carbocycles. The van der Waals surface area contributed by atoms with Crippen LogP contribution in [-0.2, 0) is 6.54 Å². The van der Waals surface area contributed by atoms with E-state index in [4.69, 9.17) is 0 Å². The predicted molar refractivity (Wildman–Crippen MR) is 61.8 cm³/mol. The van der Waals surface area contributed by atoms with Gasteiger partial charge in [-0.15, -0.1) is 0 Å². The number of rotatable bonds is 3. The highest BCUT2D eigenvalue weighted by molar-refractivity contribution is 9.10. The van der Waals surface area contributed by atoms with E-state index in [0.29, 0.717) is 0 Å². The summed E-state index contributed by atoms with van der Waals surface area (Å²) in [5.41, 5.74) is 2.22. The SMILES string of the molecule is CNCc1ccc(-n2cncn2)c(Br)c1. The molecule has 0 radical (unpaired) electrons. The molecule has 1 N–H and O–H groups in total. The standard InChI is InChI=1S/C10H11BrN4/c1-12-5-8-2-3-10(9(11)4-8)15-7-13-6-14-15/h2-4,6-7,12H,5H2,1H3. The summed E-state index contributed by atoms with van der Waals surface area (Å²) >= 11 is 3.52. The number of hydrogen-bond acceptors (Lipinski definition) is 3. The molecule has 1 aromatic carbocycles. The summed E-state index contributed by atoms with van der Waals surface area (Å²) in [7, 11) is 1.93. The van der Waals surface area contributed by atoms with E-state index in [9.17, 15) is 0 Å². The van der Waals surface area contributed by atoms with Crippen molar-refractivity contribution in [1.29, 1.82) is 0 Å². The smallest absolute Gasteiger partial charge is 0.138 e. The van der Waals surface area contributed by atoms with Crippen LogP contribution in [0.25, 0.3) is 5.69 Å². The highest BCUT2D eigenvalue weighted by Gasteiger charge is 2.03. The van der Waals surface area contributed by atoms with Gasteiger partial charge in [-0.1, -0.05) is 6.07 Å². The van der Waals surface area contributed by atoms with Crippen molar-refractivity contribution in [3.05, 3.63) is 40.9 Å². The summed E-state index contributed by atoms with van der Waals surface area (Å²) in [6.45, 7) is 0.857. The van der Waals surface area contributed by atoms with Gasteiger partial charge in [-0.3, -0.25) is 0 Å². The Labute approximate surface area is 96.5 Å². The third kappa shape index (κ3) is 2.24. The minimum absolute atomic E-state index is 0.857. The van der Waals surface area contributed by atoms with Crippen molar-refractivity contribution in [2.45, 2.75) is 6.54 Å². The Morgan fingerprint density at radius 3 is 2.93 bits per heavy atom. The fourth-order valence-electron chi connectivity index (χ4n) is 1.38. The lowest BCUT2D eigenvalue weighted by Crippen LogP contribution is -2.05. The Morgan fingerprint density at radius 1 is 1.47 bits per heavy atom. The number of nitrogens with one attached hydrogen (secondary N) is 1. The van der Waals surface area contributed by atoms with Gasteiger partial charge in [0.05, 0.1) is 5.69 Å². The molecule has 0 fully saturated rings. The van der Waals surface area contributed by atoms with Gasteiger partial charge in [0.2, 0.25) is 0 Å². The van der Waals surface area contributed by atoms with Crippen molar-refractivity contribution in [3.63, 3.8) is 0 Å². The van der Waals surface area contributed by atoms with E-state index in [1.807, 2.05) is 13.1 Å². The van der Waals surface area contributed by atoms with E-state index >= 15 is 0 Å². The zero-order valence-corrected chi connectivity index (χ0v) is 9.90. The number of halogens is 1. The zero-order valence-electron chi connectivity index (χ0n) is 8.31. The van der Waals surface area contributed by atoms with E-state index in [2.05, 4.69) is 43.5 Å². The first-order valence-electron chi connectivity index (χ1n) is 4.59. The van der Waals surface area contributed by atoms with Crippen LogP contribution in [0.4, 0.5) is 0 Å². The van der Waals surface area contributed by atoms with Crippen LogP contribution in [0.1, 0.15) is 5.56 Å². The molecule has 0 saturated carbocycles. The summed E-state index contributed by atoms with van der Waals surface area (Å²) in [6.07, 6.45) is 3.20. The molecule has 0 atom stereocenters. The van der Waals surface area contributed by atoms with Gasteiger partial charge in [0.15, 0.2) is 0 Å². The number of hydrogen-bond donors (Lipinski definition) is 1.